The van der Waals surface area contributed by atoms with Gasteiger partial charge >= 0.3 is 24.4 Å². The van der Waals surface area contributed by atoms with Crippen LogP contribution in [0.1, 0.15) is 95.9 Å². The molecule has 0 saturated carbocycles. The highest BCUT2D eigenvalue weighted by Gasteiger charge is 2.23. The summed E-state index contributed by atoms with van der Waals surface area (Å²) in [6, 6.07) is 0. The molecule has 1 aliphatic heterocycles. The second-order valence-corrected chi connectivity index (χ2v) is 13.1. The molecule has 0 aromatic carbocycles. The molecule has 0 spiro atoms. The number of carbonyl (C=O) groups excluding carboxylic acids is 5. The molecule has 14 nitrogen and oxygen atoms in total. The lowest BCUT2D eigenvalue weighted by molar-refractivity contribution is -0.142. The van der Waals surface area contributed by atoms with Crippen LogP contribution in [-0.2, 0) is 52.2 Å². The van der Waals surface area contributed by atoms with Crippen LogP contribution in [0.2, 0.25) is 0 Å². The van der Waals surface area contributed by atoms with E-state index in [2.05, 4.69) is 28.4 Å². The first-order valence-corrected chi connectivity index (χ1v) is 17.2. The second kappa shape index (κ2) is 35.7. The normalized spacial score (nSPS) is 12.7. The van der Waals surface area contributed by atoms with E-state index in [1.54, 1.807) is 7.11 Å². The van der Waals surface area contributed by atoms with Gasteiger partial charge < -0.3 is 42.6 Å². The van der Waals surface area contributed by atoms with Crippen LogP contribution in [0, 0.1) is 35.5 Å². The van der Waals surface area contributed by atoms with Gasteiger partial charge in [0.2, 0.25) is 0 Å². The van der Waals surface area contributed by atoms with Gasteiger partial charge in [0.25, 0.3) is 0 Å². The maximum Gasteiger partial charge on any atom is 0.508 e. The largest absolute Gasteiger partial charge is 0.508 e. The second-order valence-electron chi connectivity index (χ2n) is 13.1. The van der Waals surface area contributed by atoms with Crippen LogP contribution in [0.4, 0.5) is 14.4 Å². The molecule has 50 heavy (non-hydrogen) atoms. The van der Waals surface area contributed by atoms with Gasteiger partial charge in [-0.1, -0.05) is 69.2 Å². The third-order valence-corrected chi connectivity index (χ3v) is 5.94. The fraction of sp³-hybridized carbons (Fsp3) is 0.861. The first-order chi connectivity index (χ1) is 23.2. The zero-order chi connectivity index (χ0) is 39.7. The molecule has 0 radical (unpaired) electrons. The van der Waals surface area contributed by atoms with E-state index in [1.165, 1.54) is 21.1 Å². The average Bonchev–Trinajstić information content (AvgIpc) is 3.06. The predicted molar refractivity (Wildman–Crippen MR) is 190 cm³/mol. The Kier molecular flexibility index (Phi) is 38.3. The Balaban J connectivity index is -0.000000266. The quantitative estimate of drug-likeness (QED) is 0.104. The summed E-state index contributed by atoms with van der Waals surface area (Å²) >= 11 is 0. The van der Waals surface area contributed by atoms with E-state index in [0.29, 0.717) is 55.9 Å². The molecule has 1 fully saturated rings. The third kappa shape index (κ3) is 42.9. The highest BCUT2D eigenvalue weighted by atomic mass is 16.7. The molecular weight excluding hydrogens is 656 g/mol. The van der Waals surface area contributed by atoms with Crippen molar-refractivity contribution in [3.63, 3.8) is 0 Å². The molecule has 298 valence electrons. The van der Waals surface area contributed by atoms with E-state index in [9.17, 15) is 24.0 Å². The lowest BCUT2D eigenvalue weighted by atomic mass is 9.89. The van der Waals surface area contributed by atoms with Crippen molar-refractivity contribution in [2.45, 2.75) is 102 Å². The molecule has 1 rings (SSSR count). The maximum absolute atomic E-state index is 11.4. The molecule has 0 aromatic heterocycles. The van der Waals surface area contributed by atoms with Gasteiger partial charge in [-0.2, -0.15) is 0 Å². The summed E-state index contributed by atoms with van der Waals surface area (Å²) in [5.74, 6) is 2.16. The van der Waals surface area contributed by atoms with Crippen molar-refractivity contribution in [2.75, 3.05) is 67.6 Å². The van der Waals surface area contributed by atoms with E-state index in [0.717, 1.165) is 26.1 Å². The van der Waals surface area contributed by atoms with E-state index >= 15 is 0 Å². The maximum atomic E-state index is 11.4. The zero-order valence-corrected chi connectivity index (χ0v) is 33.6. The lowest BCUT2D eigenvalue weighted by Gasteiger charge is -2.22. The van der Waals surface area contributed by atoms with Crippen LogP contribution in [0.5, 0.6) is 0 Å². The molecule has 0 amide bonds. The van der Waals surface area contributed by atoms with Crippen LogP contribution in [0.15, 0.2) is 0 Å². The number of ether oxygens (including phenoxy) is 9. The van der Waals surface area contributed by atoms with Crippen LogP contribution >= 0.6 is 0 Å². The van der Waals surface area contributed by atoms with Crippen LogP contribution < -0.4 is 0 Å². The van der Waals surface area contributed by atoms with Gasteiger partial charge in [0.05, 0.1) is 40.6 Å². The molecule has 0 aliphatic carbocycles. The predicted octanol–water partition coefficient (Wildman–Crippen LogP) is 7.52. The Morgan fingerprint density at radius 1 is 0.600 bits per heavy atom. The standard InChI is InChI=1S/C9H16O2.C8H16O4.C7H14O3.C6H12O3.C6H12O2/c1-7(2)9(10)8-3-5-11-6-4-8;1-7(2)6-12-8(9)11-5-4-10-3;1-5(2)6(3)10-7(8)9-4;1-5(2)4-9-6(7)8-3;1-5(2)4-8-6(3)7/h7-8H,3-6H2,1-2H3;7H,4-6H2,1-3H3;5-6H,1-4H3;5H,4H2,1-3H3;5H,4H2,1-3H3. The molecule has 14 heteroatoms. The van der Waals surface area contributed by atoms with E-state index in [1.807, 2.05) is 76.2 Å². The zero-order valence-electron chi connectivity index (χ0n) is 33.6. The highest BCUT2D eigenvalue weighted by Crippen LogP contribution is 2.19. The van der Waals surface area contributed by atoms with Crippen molar-refractivity contribution >= 4 is 30.2 Å². The van der Waals surface area contributed by atoms with E-state index in [-0.39, 0.29) is 30.5 Å². The summed E-state index contributed by atoms with van der Waals surface area (Å²) < 4.78 is 41.8. The van der Waals surface area contributed by atoms with Gasteiger partial charge in [-0.15, -0.1) is 0 Å². The Morgan fingerprint density at radius 2 is 1.04 bits per heavy atom. The molecular formula is C36H70O14. The van der Waals surface area contributed by atoms with Gasteiger partial charge in [0, 0.05) is 39.1 Å². The first kappa shape index (κ1) is 53.7. The molecule has 0 aromatic rings. The monoisotopic (exact) mass is 726 g/mol. The Labute approximate surface area is 301 Å². The van der Waals surface area contributed by atoms with E-state index < -0.39 is 18.5 Å². The SMILES string of the molecule is CC(=O)OCC(C)C.CC(C)C(=O)C1CCOCC1.COC(=O)OC(C)C(C)C.COC(=O)OCC(C)C.COCCOC(=O)OCC(C)C. The van der Waals surface area contributed by atoms with Crippen LogP contribution in [0.3, 0.4) is 0 Å². The van der Waals surface area contributed by atoms with Gasteiger partial charge in [-0.3, -0.25) is 9.59 Å². The van der Waals surface area contributed by atoms with Crippen molar-refractivity contribution < 1.29 is 66.6 Å². The van der Waals surface area contributed by atoms with Gasteiger partial charge in [0.1, 0.15) is 18.5 Å². The summed E-state index contributed by atoms with van der Waals surface area (Å²) in [6.07, 6.45) is -0.0632. The lowest BCUT2D eigenvalue weighted by Crippen LogP contribution is -2.26. The first-order valence-electron chi connectivity index (χ1n) is 17.2. The van der Waals surface area contributed by atoms with Gasteiger partial charge in [0.15, 0.2) is 0 Å². The molecule has 0 bridgehead atoms. The number of ketones is 1. The minimum atomic E-state index is -0.624. The third-order valence-electron chi connectivity index (χ3n) is 5.94. The van der Waals surface area contributed by atoms with Crippen LogP contribution in [-0.4, -0.2) is 104 Å². The summed E-state index contributed by atoms with van der Waals surface area (Å²) in [5.41, 5.74) is 0. The number of esters is 1. The molecule has 0 N–H and O–H groups in total. The number of Topliss-reactive ketones (excluding diaryl/α,β-unsaturated/α-hetero) is 1. The fourth-order valence-electron chi connectivity index (χ4n) is 2.85. The minimum Gasteiger partial charge on any atom is -0.466 e. The van der Waals surface area contributed by atoms with Crippen molar-refractivity contribution in [3.8, 4) is 0 Å². The Hall–Kier alpha value is -3.13. The smallest absolute Gasteiger partial charge is 0.466 e. The van der Waals surface area contributed by atoms with E-state index in [4.69, 9.17) is 14.2 Å². The molecule has 1 saturated heterocycles. The van der Waals surface area contributed by atoms with Gasteiger partial charge in [-0.25, -0.2) is 14.4 Å². The summed E-state index contributed by atoms with van der Waals surface area (Å²) in [6.45, 7) is 26.5. The van der Waals surface area contributed by atoms with Crippen molar-refractivity contribution in [1.29, 1.82) is 0 Å². The van der Waals surface area contributed by atoms with Crippen molar-refractivity contribution in [2.24, 2.45) is 35.5 Å². The van der Waals surface area contributed by atoms with Gasteiger partial charge in [-0.05, 0) is 43.4 Å². The Morgan fingerprint density at radius 3 is 1.38 bits per heavy atom. The highest BCUT2D eigenvalue weighted by molar-refractivity contribution is 5.82. The molecule has 1 unspecified atom stereocenters. The molecule has 1 atom stereocenters. The number of hydrogen-bond acceptors (Lipinski definition) is 14. The number of rotatable bonds is 13. The number of methoxy groups -OCH3 is 3. The number of carbonyl (C=O) groups is 5. The average molecular weight is 727 g/mol. The van der Waals surface area contributed by atoms with Crippen LogP contribution in [0.25, 0.3) is 0 Å². The topological polar surface area (TPSA) is 168 Å². The Bertz CT molecular complexity index is 850. The summed E-state index contributed by atoms with van der Waals surface area (Å²) in [4.78, 5) is 53.0. The number of hydrogen-bond donors (Lipinski definition) is 0. The van der Waals surface area contributed by atoms with Crippen molar-refractivity contribution in [1.82, 2.24) is 0 Å². The summed E-state index contributed by atoms with van der Waals surface area (Å²) in [7, 11) is 4.14. The summed E-state index contributed by atoms with van der Waals surface area (Å²) in [5, 5.41) is 0. The minimum absolute atomic E-state index is 0.0764. The fourth-order valence-corrected chi connectivity index (χ4v) is 2.85. The van der Waals surface area contributed by atoms with Crippen molar-refractivity contribution in [3.05, 3.63) is 0 Å². The molecule has 1 aliphatic rings. The molecule has 1 heterocycles.